The van der Waals surface area contributed by atoms with Crippen LogP contribution in [0, 0.1) is 16.7 Å². The highest BCUT2D eigenvalue weighted by atomic mass is 16.5. The quantitative estimate of drug-likeness (QED) is 0.693. The standard InChI is InChI=1S/C25H40N2O4/c1-17(28)25-14-18(25)12-10-8-7-9-11-13-19(26-5)22(30)27-16-24(4,31-6)23(2,3)21(27)20(29)15-25/h10,12,18-19,21,26H,7-9,11,13-16H2,1-6H3/b12-10-/t18-,19+,21-,24+,25+/m1/s1. The Kier molecular flexibility index (Phi) is 6.83. The van der Waals surface area contributed by atoms with E-state index in [4.69, 9.17) is 4.74 Å². The fraction of sp³-hybridized carbons (Fsp3) is 0.800. The van der Waals surface area contributed by atoms with Crippen molar-refractivity contribution in [1.29, 1.82) is 0 Å². The number of allylic oxidation sites excluding steroid dienone is 2. The lowest BCUT2D eigenvalue weighted by atomic mass is 9.71. The number of methoxy groups -OCH3 is 1. The van der Waals surface area contributed by atoms with Crippen LogP contribution in [0.3, 0.4) is 0 Å². The Balaban J connectivity index is 2.00. The summed E-state index contributed by atoms with van der Waals surface area (Å²) in [5.41, 5.74) is -1.81. The average Bonchev–Trinajstić information content (AvgIpc) is 3.36. The molecule has 2 aliphatic heterocycles. The number of hydrogen-bond donors (Lipinski definition) is 1. The fourth-order valence-corrected chi connectivity index (χ4v) is 5.77. The van der Waals surface area contributed by atoms with E-state index in [1.54, 1.807) is 18.9 Å². The Labute approximate surface area is 187 Å². The van der Waals surface area contributed by atoms with Crippen molar-refractivity contribution >= 4 is 17.5 Å². The second-order valence-corrected chi connectivity index (χ2v) is 10.6. The van der Waals surface area contributed by atoms with Crippen molar-refractivity contribution in [3.05, 3.63) is 12.2 Å². The van der Waals surface area contributed by atoms with E-state index in [1.807, 2.05) is 27.8 Å². The highest BCUT2D eigenvalue weighted by molar-refractivity contribution is 5.97. The maximum atomic E-state index is 13.8. The second-order valence-electron chi connectivity index (χ2n) is 10.6. The molecule has 174 valence electrons. The van der Waals surface area contributed by atoms with Crippen molar-refractivity contribution < 1.29 is 19.1 Å². The highest BCUT2D eigenvalue weighted by Gasteiger charge is 2.63. The minimum atomic E-state index is -0.640. The number of Topliss-reactive ketones (excluding diaryl/α,β-unsaturated/α-hetero) is 2. The summed E-state index contributed by atoms with van der Waals surface area (Å²) in [5.74, 6) is 0.157. The number of rotatable bonds is 3. The van der Waals surface area contributed by atoms with E-state index in [2.05, 4.69) is 17.5 Å². The number of likely N-dealkylation sites (N-methyl/N-ethyl adjacent to an activating group) is 1. The zero-order valence-electron chi connectivity index (χ0n) is 20.1. The van der Waals surface area contributed by atoms with E-state index in [-0.39, 0.29) is 35.9 Å². The second kappa shape index (κ2) is 8.78. The minimum absolute atomic E-state index is 0.0186. The molecule has 0 radical (unpaired) electrons. The molecule has 0 aromatic rings. The summed E-state index contributed by atoms with van der Waals surface area (Å²) in [6.45, 7) is 7.99. The van der Waals surface area contributed by atoms with Gasteiger partial charge in [0.1, 0.15) is 5.78 Å². The lowest BCUT2D eigenvalue weighted by molar-refractivity contribution is -0.142. The van der Waals surface area contributed by atoms with Gasteiger partial charge in [0.2, 0.25) is 5.91 Å². The summed E-state index contributed by atoms with van der Waals surface area (Å²) in [5, 5.41) is 3.18. The highest BCUT2D eigenvalue weighted by Crippen LogP contribution is 2.58. The number of ketones is 2. The Morgan fingerprint density at radius 1 is 1.19 bits per heavy atom. The zero-order valence-corrected chi connectivity index (χ0v) is 20.1. The molecule has 0 aromatic carbocycles. The summed E-state index contributed by atoms with van der Waals surface area (Å²) in [7, 11) is 3.46. The van der Waals surface area contributed by atoms with Gasteiger partial charge in [-0.2, -0.15) is 0 Å². The van der Waals surface area contributed by atoms with Gasteiger partial charge in [-0.05, 0) is 52.5 Å². The van der Waals surface area contributed by atoms with Gasteiger partial charge in [-0.3, -0.25) is 14.4 Å². The van der Waals surface area contributed by atoms with E-state index in [9.17, 15) is 14.4 Å². The van der Waals surface area contributed by atoms with Crippen LogP contribution in [0.1, 0.15) is 72.6 Å². The van der Waals surface area contributed by atoms with Gasteiger partial charge in [0.15, 0.2) is 5.78 Å². The zero-order chi connectivity index (χ0) is 23.0. The van der Waals surface area contributed by atoms with Crippen molar-refractivity contribution in [2.75, 3.05) is 20.7 Å². The fourth-order valence-electron chi connectivity index (χ4n) is 5.77. The summed E-state index contributed by atoms with van der Waals surface area (Å²) in [4.78, 5) is 41.8. The SMILES string of the molecule is CN[C@H]1CCCCC/C=C\[C@@H]2C[C@@]2(C(C)=O)CC(=O)[C@H]2N(C[C@](C)(OC)C2(C)C)C1=O. The smallest absolute Gasteiger partial charge is 0.240 e. The minimum Gasteiger partial charge on any atom is -0.376 e. The maximum Gasteiger partial charge on any atom is 0.240 e. The molecule has 1 aliphatic carbocycles. The molecule has 2 heterocycles. The normalized spacial score (nSPS) is 39.8. The van der Waals surface area contributed by atoms with Gasteiger partial charge >= 0.3 is 0 Å². The molecule has 0 unspecified atom stereocenters. The van der Waals surface area contributed by atoms with Crippen LogP contribution in [0.5, 0.6) is 0 Å². The van der Waals surface area contributed by atoms with E-state index in [0.29, 0.717) is 6.54 Å². The third-order valence-electron chi connectivity index (χ3n) is 8.57. The van der Waals surface area contributed by atoms with Crippen LogP contribution < -0.4 is 5.32 Å². The molecule has 0 bridgehead atoms. The number of fused-ring (bicyclic) bond motifs is 2. The first kappa shape index (κ1) is 24.1. The van der Waals surface area contributed by atoms with Crippen molar-refractivity contribution in [2.45, 2.75) is 90.3 Å². The molecule has 31 heavy (non-hydrogen) atoms. The average molecular weight is 433 g/mol. The first-order valence-electron chi connectivity index (χ1n) is 11.8. The Bertz CT molecular complexity index is 761. The van der Waals surface area contributed by atoms with E-state index >= 15 is 0 Å². The van der Waals surface area contributed by atoms with Gasteiger partial charge in [0, 0.05) is 24.4 Å². The van der Waals surface area contributed by atoms with Gasteiger partial charge in [0.05, 0.1) is 24.2 Å². The van der Waals surface area contributed by atoms with Crippen LogP contribution in [0.25, 0.3) is 0 Å². The number of carbonyl (C=O) groups is 3. The van der Waals surface area contributed by atoms with Gasteiger partial charge in [-0.25, -0.2) is 0 Å². The van der Waals surface area contributed by atoms with Crippen LogP contribution in [-0.4, -0.2) is 60.8 Å². The molecule has 1 saturated carbocycles. The summed E-state index contributed by atoms with van der Waals surface area (Å²) in [6.07, 6.45) is 10.1. The van der Waals surface area contributed by atoms with Crippen molar-refractivity contribution in [1.82, 2.24) is 10.2 Å². The van der Waals surface area contributed by atoms with Gasteiger partial charge in [-0.1, -0.05) is 38.8 Å². The number of hydrogen-bond acceptors (Lipinski definition) is 5. The summed E-state index contributed by atoms with van der Waals surface area (Å²) >= 11 is 0. The van der Waals surface area contributed by atoms with Crippen molar-refractivity contribution in [3.63, 3.8) is 0 Å². The number of carbonyl (C=O) groups excluding carboxylic acids is 3. The third kappa shape index (κ3) is 4.13. The molecule has 1 N–H and O–H groups in total. The molecule has 1 amide bonds. The molecular weight excluding hydrogens is 392 g/mol. The lowest BCUT2D eigenvalue weighted by Crippen LogP contribution is -2.53. The molecular formula is C25H40N2O4. The third-order valence-corrected chi connectivity index (χ3v) is 8.57. The van der Waals surface area contributed by atoms with Crippen molar-refractivity contribution in [3.8, 4) is 0 Å². The van der Waals surface area contributed by atoms with Gasteiger partial charge in [0.25, 0.3) is 0 Å². The van der Waals surface area contributed by atoms with E-state index < -0.39 is 22.5 Å². The van der Waals surface area contributed by atoms with Gasteiger partial charge in [-0.15, -0.1) is 0 Å². The lowest BCUT2D eigenvalue weighted by Gasteiger charge is -2.39. The molecule has 5 atom stereocenters. The molecule has 3 aliphatic rings. The van der Waals surface area contributed by atoms with Crippen molar-refractivity contribution in [2.24, 2.45) is 16.7 Å². The first-order chi connectivity index (χ1) is 14.5. The van der Waals surface area contributed by atoms with Gasteiger partial charge < -0.3 is 15.0 Å². The predicted octanol–water partition coefficient (Wildman–Crippen LogP) is 3.29. The molecule has 3 rings (SSSR count). The summed E-state index contributed by atoms with van der Waals surface area (Å²) in [6, 6.07) is -0.922. The van der Waals surface area contributed by atoms with E-state index in [1.165, 1.54) is 0 Å². The van der Waals surface area contributed by atoms with Crippen LogP contribution in [0.4, 0.5) is 0 Å². The number of amides is 1. The van der Waals surface area contributed by atoms with Crippen LogP contribution in [-0.2, 0) is 19.1 Å². The molecule has 6 heteroatoms. The number of nitrogens with zero attached hydrogens (tertiary/aromatic N) is 1. The summed E-state index contributed by atoms with van der Waals surface area (Å²) < 4.78 is 5.89. The molecule has 0 spiro atoms. The Hall–Kier alpha value is -1.53. The largest absolute Gasteiger partial charge is 0.376 e. The predicted molar refractivity (Wildman–Crippen MR) is 121 cm³/mol. The Morgan fingerprint density at radius 2 is 1.90 bits per heavy atom. The molecule has 0 aromatic heterocycles. The van der Waals surface area contributed by atoms with Crippen LogP contribution >= 0.6 is 0 Å². The molecule has 6 nitrogen and oxygen atoms in total. The molecule has 1 saturated heterocycles. The van der Waals surface area contributed by atoms with Crippen LogP contribution in [0.2, 0.25) is 0 Å². The molecule has 2 fully saturated rings. The maximum absolute atomic E-state index is 13.8. The first-order valence-corrected chi connectivity index (χ1v) is 11.8. The number of nitrogens with one attached hydrogen (secondary N) is 1. The number of ether oxygens (including phenoxy) is 1. The van der Waals surface area contributed by atoms with Crippen LogP contribution in [0.15, 0.2) is 12.2 Å². The van der Waals surface area contributed by atoms with E-state index in [0.717, 1.165) is 38.5 Å². The Morgan fingerprint density at radius 3 is 2.52 bits per heavy atom. The topological polar surface area (TPSA) is 75.7 Å². The monoisotopic (exact) mass is 432 g/mol.